The van der Waals surface area contributed by atoms with Gasteiger partial charge < -0.3 is 0 Å². The molecule has 0 aromatic rings. The van der Waals surface area contributed by atoms with Crippen LogP contribution in [-0.2, 0) is 0 Å². The van der Waals surface area contributed by atoms with Gasteiger partial charge in [0.05, 0.1) is 0 Å². The predicted molar refractivity (Wildman–Crippen MR) is 91.2 cm³/mol. The Labute approximate surface area is 138 Å². The van der Waals surface area contributed by atoms with Crippen LogP contribution < -0.4 is 0 Å². The summed E-state index contributed by atoms with van der Waals surface area (Å²) in [5, 5.41) is 0. The van der Waals surface area contributed by atoms with Gasteiger partial charge in [0, 0.05) is 0 Å². The average molecular weight is 442 g/mol. The van der Waals surface area contributed by atoms with Crippen molar-refractivity contribution < 1.29 is 0 Å². The maximum absolute atomic E-state index is 2.16. The Hall–Kier alpha value is 1.66. The van der Waals surface area contributed by atoms with Crippen molar-refractivity contribution in [2.24, 2.45) is 0 Å². The molecule has 0 unspecified atom stereocenters. The van der Waals surface area contributed by atoms with Crippen molar-refractivity contribution in [2.45, 2.75) is 25.7 Å². The molecule has 6 heteroatoms. The molecule has 0 atom stereocenters. The SMILES string of the molecule is C1CCC2=C(C1)SC(=C1[Se]C3=C(SCCS3)[Se]1)S2. The standard InChI is InChI=1S/C12H12S4Se2/c1-2-4-8-7(3-1)15-9(16-8)12-17-10-11(18-12)14-6-5-13-10/h1-6H2. The molecule has 3 aliphatic heterocycles. The predicted octanol–water partition coefficient (Wildman–Crippen LogP) is 4.41. The molecule has 0 fully saturated rings. The Morgan fingerprint density at radius 2 is 1.33 bits per heavy atom. The molecule has 0 spiro atoms. The zero-order valence-corrected chi connectivity index (χ0v) is 16.4. The van der Waals surface area contributed by atoms with E-state index >= 15 is 0 Å². The summed E-state index contributed by atoms with van der Waals surface area (Å²) in [5.74, 6) is 2.69. The number of thioether (sulfide) groups is 4. The summed E-state index contributed by atoms with van der Waals surface area (Å²) in [5.41, 5.74) is 0. The monoisotopic (exact) mass is 444 g/mol. The van der Waals surface area contributed by atoms with E-state index in [0.29, 0.717) is 29.9 Å². The van der Waals surface area contributed by atoms with Gasteiger partial charge in [-0.2, -0.15) is 0 Å². The van der Waals surface area contributed by atoms with Gasteiger partial charge in [-0.05, 0) is 0 Å². The van der Waals surface area contributed by atoms with Crippen LogP contribution >= 0.6 is 47.0 Å². The van der Waals surface area contributed by atoms with Gasteiger partial charge in [-0.3, -0.25) is 0 Å². The molecular formula is C12H12S4Se2. The molecule has 4 rings (SSSR count). The molecule has 0 aromatic carbocycles. The first-order valence-corrected chi connectivity index (χ1v) is 13.1. The fraction of sp³-hybridized carbons (Fsp3) is 0.500. The summed E-state index contributed by atoms with van der Waals surface area (Å²) < 4.78 is 7.13. The van der Waals surface area contributed by atoms with Crippen molar-refractivity contribution in [3.05, 3.63) is 25.0 Å². The van der Waals surface area contributed by atoms with Gasteiger partial charge >= 0.3 is 139 Å². The molecule has 0 N–H and O–H groups in total. The molecule has 96 valence electrons. The minimum absolute atomic E-state index is 0.692. The van der Waals surface area contributed by atoms with Crippen molar-refractivity contribution in [1.82, 2.24) is 0 Å². The third-order valence-corrected chi connectivity index (χ3v) is 17.8. The zero-order valence-electron chi connectivity index (χ0n) is 9.69. The molecule has 0 aromatic heterocycles. The quantitative estimate of drug-likeness (QED) is 0.510. The topological polar surface area (TPSA) is 0 Å². The van der Waals surface area contributed by atoms with Gasteiger partial charge in [0.1, 0.15) is 0 Å². The van der Waals surface area contributed by atoms with E-state index < -0.39 is 0 Å². The number of hydrogen-bond acceptors (Lipinski definition) is 4. The maximum atomic E-state index is 2.16. The van der Waals surface area contributed by atoms with Crippen LogP contribution in [0.5, 0.6) is 0 Å². The second-order valence-electron chi connectivity index (χ2n) is 4.31. The van der Waals surface area contributed by atoms with Crippen molar-refractivity contribution in [2.75, 3.05) is 11.5 Å². The minimum atomic E-state index is 0.692. The molecule has 0 saturated heterocycles. The second-order valence-corrected chi connectivity index (χ2v) is 15.7. The Kier molecular flexibility index (Phi) is 4.30. The van der Waals surface area contributed by atoms with Gasteiger partial charge in [-0.1, -0.05) is 0 Å². The molecule has 18 heavy (non-hydrogen) atoms. The van der Waals surface area contributed by atoms with Crippen LogP contribution in [0, 0.1) is 0 Å². The molecule has 1 aliphatic carbocycles. The summed E-state index contributed by atoms with van der Waals surface area (Å²) in [6.45, 7) is 0. The summed E-state index contributed by atoms with van der Waals surface area (Å²) in [6.07, 6.45) is 5.57. The van der Waals surface area contributed by atoms with E-state index in [-0.39, 0.29) is 0 Å². The molecule has 4 aliphatic rings. The fourth-order valence-corrected chi connectivity index (χ4v) is 18.2. The zero-order chi connectivity index (χ0) is 11.9. The average Bonchev–Trinajstić information content (AvgIpc) is 3.02. The van der Waals surface area contributed by atoms with Crippen molar-refractivity contribution in [3.8, 4) is 0 Å². The van der Waals surface area contributed by atoms with Gasteiger partial charge in [0.25, 0.3) is 0 Å². The Morgan fingerprint density at radius 1 is 0.778 bits per heavy atom. The van der Waals surface area contributed by atoms with Crippen molar-refractivity contribution in [3.63, 3.8) is 0 Å². The fourth-order valence-electron chi connectivity index (χ4n) is 2.20. The van der Waals surface area contributed by atoms with Crippen LogP contribution in [0.2, 0.25) is 0 Å². The van der Waals surface area contributed by atoms with Crippen LogP contribution in [0.4, 0.5) is 0 Å². The summed E-state index contributed by atoms with van der Waals surface area (Å²) >= 11 is 9.99. The van der Waals surface area contributed by atoms with Crippen LogP contribution in [-0.4, -0.2) is 41.4 Å². The first kappa shape index (κ1) is 13.3. The van der Waals surface area contributed by atoms with E-state index in [2.05, 4.69) is 47.0 Å². The van der Waals surface area contributed by atoms with E-state index in [4.69, 9.17) is 0 Å². The summed E-state index contributed by atoms with van der Waals surface area (Å²) in [4.78, 5) is 3.45. The first-order valence-electron chi connectivity index (χ1n) is 6.08. The third kappa shape index (κ3) is 2.57. The molecular weight excluding hydrogens is 430 g/mol. The van der Waals surface area contributed by atoms with Crippen LogP contribution in [0.15, 0.2) is 25.0 Å². The Morgan fingerprint density at radius 3 is 1.89 bits per heavy atom. The molecule has 0 radical (unpaired) electrons. The van der Waals surface area contributed by atoms with Crippen molar-refractivity contribution in [1.29, 1.82) is 0 Å². The molecule has 3 heterocycles. The second kappa shape index (κ2) is 5.81. The van der Waals surface area contributed by atoms with E-state index in [1.807, 2.05) is 3.37 Å². The summed E-state index contributed by atoms with van der Waals surface area (Å²) in [7, 11) is 0. The first-order chi connectivity index (χ1) is 8.90. The molecule has 0 saturated carbocycles. The number of hydrogen-bond donors (Lipinski definition) is 0. The molecule has 0 amide bonds. The Bertz CT molecular complexity index is 408. The normalized spacial score (nSPS) is 28.0. The molecule has 0 bridgehead atoms. The van der Waals surface area contributed by atoms with E-state index in [1.54, 1.807) is 21.7 Å². The van der Waals surface area contributed by atoms with Gasteiger partial charge in [0.2, 0.25) is 0 Å². The molecule has 0 nitrogen and oxygen atoms in total. The van der Waals surface area contributed by atoms with Crippen molar-refractivity contribution >= 4 is 77.0 Å². The van der Waals surface area contributed by atoms with Gasteiger partial charge in [-0.25, -0.2) is 0 Å². The van der Waals surface area contributed by atoms with Crippen LogP contribution in [0.25, 0.3) is 0 Å². The van der Waals surface area contributed by atoms with E-state index in [1.165, 1.54) is 37.2 Å². The number of allylic oxidation sites excluding steroid dienone is 2. The summed E-state index contributed by atoms with van der Waals surface area (Å²) in [6, 6.07) is 0. The van der Waals surface area contributed by atoms with Gasteiger partial charge in [0.15, 0.2) is 0 Å². The third-order valence-electron chi connectivity index (χ3n) is 3.05. The number of rotatable bonds is 0. The van der Waals surface area contributed by atoms with Gasteiger partial charge in [-0.15, -0.1) is 0 Å². The van der Waals surface area contributed by atoms with Crippen LogP contribution in [0.3, 0.4) is 0 Å². The Balaban J connectivity index is 1.54. The van der Waals surface area contributed by atoms with E-state index in [9.17, 15) is 0 Å². The van der Waals surface area contributed by atoms with E-state index in [0.717, 1.165) is 0 Å². The van der Waals surface area contributed by atoms with Crippen LogP contribution in [0.1, 0.15) is 25.7 Å².